The first-order valence-corrected chi connectivity index (χ1v) is 5.11. The number of carboxylic acid groups (broad SMARTS) is 1. The Morgan fingerprint density at radius 2 is 2.33 bits per heavy atom. The number of nitro groups is 1. The molecule has 1 atom stereocenters. The molecule has 0 saturated heterocycles. The molecule has 1 unspecified atom stereocenters. The van der Waals surface area contributed by atoms with Crippen LogP contribution in [-0.2, 0) is 4.79 Å². The fourth-order valence-corrected chi connectivity index (χ4v) is 1.32. The normalized spacial score (nSPS) is 11.3. The Kier molecular flexibility index (Phi) is 4.21. The summed E-state index contributed by atoms with van der Waals surface area (Å²) in [6.45, 7) is 1.53. The van der Waals surface area contributed by atoms with Gasteiger partial charge in [-0.15, -0.1) is 0 Å². The van der Waals surface area contributed by atoms with E-state index in [1.165, 1.54) is 25.1 Å². The van der Waals surface area contributed by atoms with Crippen molar-refractivity contribution in [2.45, 2.75) is 6.92 Å². The number of carbonyl (C=O) groups is 1. The lowest BCUT2D eigenvalue weighted by molar-refractivity contribution is -0.384. The van der Waals surface area contributed by atoms with E-state index in [9.17, 15) is 14.9 Å². The van der Waals surface area contributed by atoms with Crippen molar-refractivity contribution in [2.24, 2.45) is 5.92 Å². The number of benzene rings is 1. The average molecular weight is 249 g/mol. The van der Waals surface area contributed by atoms with Gasteiger partial charge in [0.2, 0.25) is 0 Å². The third-order valence-electron chi connectivity index (χ3n) is 2.36. The minimum absolute atomic E-state index is 0.0467. The minimum atomic E-state index is -0.999. The third-order valence-corrected chi connectivity index (χ3v) is 2.36. The van der Waals surface area contributed by atoms with Crippen molar-refractivity contribution in [2.75, 3.05) is 11.9 Å². The third kappa shape index (κ3) is 2.95. The van der Waals surface area contributed by atoms with Crippen molar-refractivity contribution in [1.82, 2.24) is 0 Å². The van der Waals surface area contributed by atoms with E-state index >= 15 is 0 Å². The highest BCUT2D eigenvalue weighted by molar-refractivity contribution is 5.72. The zero-order valence-electron chi connectivity index (χ0n) is 9.58. The lowest BCUT2D eigenvalue weighted by Gasteiger charge is -2.10. The van der Waals surface area contributed by atoms with Crippen molar-refractivity contribution < 1.29 is 14.8 Å². The second-order valence-electron chi connectivity index (χ2n) is 3.69. The van der Waals surface area contributed by atoms with E-state index in [1.54, 1.807) is 6.07 Å². The maximum atomic E-state index is 10.9. The molecule has 1 aromatic carbocycles. The second kappa shape index (κ2) is 5.63. The molecule has 0 bridgehead atoms. The van der Waals surface area contributed by atoms with Gasteiger partial charge in [0.1, 0.15) is 17.3 Å². The molecule has 0 aromatic heterocycles. The van der Waals surface area contributed by atoms with Crippen molar-refractivity contribution in [3.63, 3.8) is 0 Å². The summed E-state index contributed by atoms with van der Waals surface area (Å²) in [4.78, 5) is 20.9. The number of para-hydroxylation sites is 1. The van der Waals surface area contributed by atoms with Gasteiger partial charge >= 0.3 is 11.7 Å². The molecule has 7 nitrogen and oxygen atoms in total. The molecule has 7 heteroatoms. The van der Waals surface area contributed by atoms with Crippen LogP contribution in [0.1, 0.15) is 12.5 Å². The first-order chi connectivity index (χ1) is 8.47. The number of hydrogen-bond donors (Lipinski definition) is 2. The molecular weight excluding hydrogens is 238 g/mol. The molecule has 2 N–H and O–H groups in total. The highest BCUT2D eigenvalue weighted by atomic mass is 16.6. The Balaban J connectivity index is 2.99. The van der Waals surface area contributed by atoms with Gasteiger partial charge in [0, 0.05) is 6.54 Å². The molecule has 1 rings (SSSR count). The number of hydrogen-bond acceptors (Lipinski definition) is 5. The summed E-state index contributed by atoms with van der Waals surface area (Å²) >= 11 is 0. The first-order valence-electron chi connectivity index (χ1n) is 5.11. The Morgan fingerprint density at radius 3 is 2.83 bits per heavy atom. The molecule has 0 amide bonds. The van der Waals surface area contributed by atoms with Gasteiger partial charge in [-0.1, -0.05) is 13.0 Å². The van der Waals surface area contributed by atoms with Crippen molar-refractivity contribution >= 4 is 17.3 Å². The van der Waals surface area contributed by atoms with Crippen LogP contribution in [0.15, 0.2) is 18.2 Å². The highest BCUT2D eigenvalue weighted by Crippen LogP contribution is 2.28. The van der Waals surface area contributed by atoms with E-state index in [-0.39, 0.29) is 23.5 Å². The maximum Gasteiger partial charge on any atom is 0.309 e. The quantitative estimate of drug-likeness (QED) is 0.604. The molecule has 94 valence electrons. The topological polar surface area (TPSA) is 116 Å². The number of rotatable bonds is 5. The SMILES string of the molecule is CC(CNc1cccc(C#N)c1[N+](=O)[O-])C(=O)O. The van der Waals surface area contributed by atoms with Gasteiger partial charge in [0.15, 0.2) is 0 Å². The van der Waals surface area contributed by atoms with Gasteiger partial charge in [-0.2, -0.15) is 5.26 Å². The number of nitrogens with one attached hydrogen (secondary N) is 1. The largest absolute Gasteiger partial charge is 0.481 e. The predicted octanol–water partition coefficient (Wildman–Crippen LogP) is 1.60. The average Bonchev–Trinajstić information content (AvgIpc) is 2.34. The highest BCUT2D eigenvalue weighted by Gasteiger charge is 2.20. The van der Waals surface area contributed by atoms with Crippen LogP contribution in [0.2, 0.25) is 0 Å². The predicted molar refractivity (Wildman–Crippen MR) is 63.1 cm³/mol. The molecule has 0 fully saturated rings. The number of aliphatic carboxylic acids is 1. The van der Waals surface area contributed by atoms with Gasteiger partial charge in [-0.25, -0.2) is 0 Å². The monoisotopic (exact) mass is 249 g/mol. The standard InChI is InChI=1S/C11H11N3O4/c1-7(11(15)16)6-13-9-4-2-3-8(5-12)10(9)14(17)18/h2-4,7,13H,6H2,1H3,(H,15,16). The van der Waals surface area contributed by atoms with Crippen molar-refractivity contribution in [3.8, 4) is 6.07 Å². The summed E-state index contributed by atoms with van der Waals surface area (Å²) in [5.74, 6) is -1.68. The number of carboxylic acids is 1. The fourth-order valence-electron chi connectivity index (χ4n) is 1.32. The summed E-state index contributed by atoms with van der Waals surface area (Å²) in [6, 6.07) is 6.00. The zero-order chi connectivity index (χ0) is 13.7. The van der Waals surface area contributed by atoms with Crippen LogP contribution < -0.4 is 5.32 Å². The molecule has 18 heavy (non-hydrogen) atoms. The van der Waals surface area contributed by atoms with E-state index in [0.717, 1.165) is 0 Å². The zero-order valence-corrected chi connectivity index (χ0v) is 9.58. The van der Waals surface area contributed by atoms with Crippen LogP contribution >= 0.6 is 0 Å². The molecule has 0 heterocycles. The Morgan fingerprint density at radius 1 is 1.67 bits per heavy atom. The molecule has 0 aliphatic carbocycles. The van der Waals surface area contributed by atoms with Crippen LogP contribution in [-0.4, -0.2) is 22.5 Å². The van der Waals surface area contributed by atoms with E-state index in [1.807, 2.05) is 0 Å². The molecule has 0 aliphatic heterocycles. The fraction of sp³-hybridized carbons (Fsp3) is 0.273. The van der Waals surface area contributed by atoms with Gasteiger partial charge in [-0.05, 0) is 12.1 Å². The molecule has 0 aliphatic rings. The van der Waals surface area contributed by atoms with Crippen LogP contribution in [0.25, 0.3) is 0 Å². The maximum absolute atomic E-state index is 10.9. The van der Waals surface area contributed by atoms with Crippen LogP contribution in [0.4, 0.5) is 11.4 Å². The van der Waals surface area contributed by atoms with Gasteiger partial charge in [0.25, 0.3) is 0 Å². The van der Waals surface area contributed by atoms with Crippen molar-refractivity contribution in [3.05, 3.63) is 33.9 Å². The van der Waals surface area contributed by atoms with Crippen LogP contribution in [0.5, 0.6) is 0 Å². The molecule has 1 aromatic rings. The number of nitrogens with zero attached hydrogens (tertiary/aromatic N) is 2. The first kappa shape index (κ1) is 13.4. The summed E-state index contributed by atoms with van der Waals surface area (Å²) < 4.78 is 0. The summed E-state index contributed by atoms with van der Waals surface area (Å²) in [7, 11) is 0. The Hall–Kier alpha value is -2.62. The number of anilines is 1. The van der Waals surface area contributed by atoms with Gasteiger partial charge in [-0.3, -0.25) is 14.9 Å². The van der Waals surface area contributed by atoms with E-state index in [4.69, 9.17) is 10.4 Å². The lowest BCUT2D eigenvalue weighted by Crippen LogP contribution is -2.20. The smallest absolute Gasteiger partial charge is 0.309 e. The van der Waals surface area contributed by atoms with E-state index in [2.05, 4.69) is 5.32 Å². The number of nitriles is 1. The summed E-state index contributed by atoms with van der Waals surface area (Å²) in [5.41, 5.74) is -0.252. The van der Waals surface area contributed by atoms with Gasteiger partial charge in [0.05, 0.1) is 10.8 Å². The van der Waals surface area contributed by atoms with Gasteiger partial charge < -0.3 is 10.4 Å². The van der Waals surface area contributed by atoms with Crippen LogP contribution in [0.3, 0.4) is 0 Å². The van der Waals surface area contributed by atoms with Crippen LogP contribution in [0, 0.1) is 27.4 Å². The molecule has 0 radical (unpaired) electrons. The van der Waals surface area contributed by atoms with Crippen molar-refractivity contribution in [1.29, 1.82) is 5.26 Å². The summed E-state index contributed by atoms with van der Waals surface area (Å²) in [5, 5.41) is 31.0. The summed E-state index contributed by atoms with van der Waals surface area (Å²) in [6.07, 6.45) is 0. The number of nitro benzene ring substituents is 1. The Labute approximate surface area is 103 Å². The Bertz CT molecular complexity index is 522. The molecule has 0 spiro atoms. The molecular formula is C11H11N3O4. The second-order valence-corrected chi connectivity index (χ2v) is 3.69. The van der Waals surface area contributed by atoms with E-state index in [0.29, 0.717) is 0 Å². The molecule has 0 saturated carbocycles. The van der Waals surface area contributed by atoms with E-state index < -0.39 is 16.8 Å². The lowest BCUT2D eigenvalue weighted by atomic mass is 10.1. The minimum Gasteiger partial charge on any atom is -0.481 e.